The Morgan fingerprint density at radius 2 is 1.86 bits per heavy atom. The van der Waals surface area contributed by atoms with Crippen molar-refractivity contribution in [3.8, 4) is 5.88 Å². The molecule has 0 radical (unpaired) electrons. The fraction of sp³-hybridized carbons (Fsp3) is 0.667. The summed E-state index contributed by atoms with van der Waals surface area (Å²) >= 11 is 0. The average Bonchev–Trinajstić information content (AvgIpc) is 2.67. The lowest BCUT2D eigenvalue weighted by atomic mass is 9.80. The van der Waals surface area contributed by atoms with Crippen LogP contribution in [0.1, 0.15) is 34.6 Å². The molecule has 0 bridgehead atoms. The van der Waals surface area contributed by atoms with Crippen molar-refractivity contribution >= 4 is 29.0 Å². The van der Waals surface area contributed by atoms with Crippen LogP contribution in [0.3, 0.4) is 0 Å². The number of ether oxygens (including phenoxy) is 1. The molecule has 0 N–H and O–H groups in total. The fourth-order valence-corrected chi connectivity index (χ4v) is 2.62. The van der Waals surface area contributed by atoms with E-state index in [1.807, 2.05) is 33.8 Å². The highest BCUT2D eigenvalue weighted by Crippen LogP contribution is 2.37. The van der Waals surface area contributed by atoms with Gasteiger partial charge in [0.05, 0.1) is 18.3 Å². The zero-order chi connectivity index (χ0) is 16.5. The molecule has 1 unspecified atom stereocenters. The van der Waals surface area contributed by atoms with Crippen LogP contribution in [0.25, 0.3) is 0 Å². The summed E-state index contributed by atoms with van der Waals surface area (Å²) in [6.07, 6.45) is 3.83. The van der Waals surface area contributed by atoms with Gasteiger partial charge in [-0.05, 0) is 40.0 Å². The van der Waals surface area contributed by atoms with E-state index in [0.29, 0.717) is 5.88 Å². The van der Waals surface area contributed by atoms with E-state index in [9.17, 15) is 0 Å². The molecule has 22 heavy (non-hydrogen) atoms. The maximum atomic E-state index is 6.07. The topological polar surface area (TPSA) is 52.9 Å². The molecule has 122 valence electrons. The molecular formula is C15H25BN2O3S. The summed E-state index contributed by atoms with van der Waals surface area (Å²) in [5.74, 6) is 1.53. The molecule has 1 saturated heterocycles. The molecule has 1 aliphatic rings. The minimum absolute atomic E-state index is 0.0568. The Hall–Kier alpha value is -0.915. The normalized spacial score (nSPS) is 21.1. The molecule has 5 nitrogen and oxygen atoms in total. The molecule has 1 aromatic rings. The summed E-state index contributed by atoms with van der Waals surface area (Å²) in [5, 5.41) is 0. The third-order valence-electron chi connectivity index (χ3n) is 4.24. The first-order valence-corrected chi connectivity index (χ1v) is 9.20. The smallest absolute Gasteiger partial charge is 0.479 e. The SMILES string of the molecule is CCS(C)=Nc1cc(B2OC(C)(C)C(C)(C)O2)cnc1OC. The summed E-state index contributed by atoms with van der Waals surface area (Å²) in [6.45, 7) is 10.3. The average molecular weight is 324 g/mol. The third-order valence-corrected chi connectivity index (χ3v) is 5.59. The Morgan fingerprint density at radius 3 is 2.36 bits per heavy atom. The molecule has 0 amide bonds. The number of methoxy groups -OCH3 is 1. The van der Waals surface area contributed by atoms with Gasteiger partial charge in [-0.25, -0.2) is 9.35 Å². The molecule has 1 fully saturated rings. The quantitative estimate of drug-likeness (QED) is 0.799. The van der Waals surface area contributed by atoms with Crippen LogP contribution in [0.4, 0.5) is 5.69 Å². The summed E-state index contributed by atoms with van der Waals surface area (Å²) in [7, 11) is 1.12. The predicted molar refractivity (Wildman–Crippen MR) is 92.4 cm³/mol. The summed E-state index contributed by atoms with van der Waals surface area (Å²) in [5.41, 5.74) is 0.884. The molecule has 1 atom stereocenters. The predicted octanol–water partition coefficient (Wildman–Crippen LogP) is 2.47. The van der Waals surface area contributed by atoms with E-state index in [-0.39, 0.29) is 21.9 Å². The van der Waals surface area contributed by atoms with Crippen LogP contribution in [0.15, 0.2) is 16.6 Å². The van der Waals surface area contributed by atoms with Gasteiger partial charge in [0, 0.05) is 17.4 Å². The van der Waals surface area contributed by atoms with Crippen LogP contribution >= 0.6 is 0 Å². The van der Waals surface area contributed by atoms with Crippen molar-refractivity contribution in [2.45, 2.75) is 45.8 Å². The minimum Gasteiger partial charge on any atom is -0.479 e. The van der Waals surface area contributed by atoms with Gasteiger partial charge in [-0.1, -0.05) is 17.6 Å². The van der Waals surface area contributed by atoms with Crippen molar-refractivity contribution in [3.63, 3.8) is 0 Å². The van der Waals surface area contributed by atoms with Gasteiger partial charge in [-0.3, -0.25) is 0 Å². The molecule has 2 rings (SSSR count). The number of hydrogen-bond donors (Lipinski definition) is 0. The number of nitrogens with zero attached hydrogens (tertiary/aromatic N) is 2. The molecule has 0 aromatic carbocycles. The van der Waals surface area contributed by atoms with Gasteiger partial charge in [0.25, 0.3) is 0 Å². The van der Waals surface area contributed by atoms with Gasteiger partial charge < -0.3 is 14.0 Å². The third kappa shape index (κ3) is 3.36. The Balaban J connectivity index is 2.36. The molecule has 1 aliphatic heterocycles. The van der Waals surface area contributed by atoms with Gasteiger partial charge in [0.15, 0.2) is 0 Å². The Bertz CT molecular complexity index is 574. The number of aromatic nitrogens is 1. The maximum absolute atomic E-state index is 6.07. The molecule has 0 aliphatic carbocycles. The fourth-order valence-electron chi connectivity index (χ4n) is 2.02. The lowest BCUT2D eigenvalue weighted by Crippen LogP contribution is -2.41. The number of pyridine rings is 1. The van der Waals surface area contributed by atoms with Crippen LogP contribution in [-0.2, 0) is 20.0 Å². The van der Waals surface area contributed by atoms with Crippen LogP contribution in [-0.4, -0.2) is 42.4 Å². The Morgan fingerprint density at radius 1 is 1.27 bits per heavy atom. The highest BCUT2D eigenvalue weighted by atomic mass is 32.2. The van der Waals surface area contributed by atoms with Crippen LogP contribution < -0.4 is 10.2 Å². The zero-order valence-corrected chi connectivity index (χ0v) is 15.3. The Labute approximate surface area is 136 Å². The molecule has 2 heterocycles. The first-order valence-electron chi connectivity index (χ1n) is 7.44. The van der Waals surface area contributed by atoms with Crippen molar-refractivity contribution in [1.29, 1.82) is 0 Å². The highest BCUT2D eigenvalue weighted by molar-refractivity contribution is 7.86. The Kier molecular flexibility index (Phi) is 4.99. The summed E-state index contributed by atoms with van der Waals surface area (Å²) < 4.78 is 22.1. The van der Waals surface area contributed by atoms with E-state index >= 15 is 0 Å². The van der Waals surface area contributed by atoms with Gasteiger partial charge in [-0.15, -0.1) is 0 Å². The van der Waals surface area contributed by atoms with Crippen molar-refractivity contribution in [1.82, 2.24) is 4.98 Å². The van der Waals surface area contributed by atoms with E-state index < -0.39 is 7.12 Å². The molecule has 0 saturated carbocycles. The first kappa shape index (κ1) is 17.4. The van der Waals surface area contributed by atoms with Crippen molar-refractivity contribution in [3.05, 3.63) is 12.3 Å². The van der Waals surface area contributed by atoms with E-state index in [1.54, 1.807) is 13.3 Å². The summed E-state index contributed by atoms with van der Waals surface area (Å²) in [4.78, 5) is 4.35. The van der Waals surface area contributed by atoms with Crippen LogP contribution in [0.5, 0.6) is 5.88 Å². The number of rotatable bonds is 4. The maximum Gasteiger partial charge on any atom is 0.496 e. The zero-order valence-electron chi connectivity index (χ0n) is 14.5. The van der Waals surface area contributed by atoms with E-state index in [4.69, 9.17) is 14.0 Å². The lowest BCUT2D eigenvalue weighted by molar-refractivity contribution is 0.00578. The largest absolute Gasteiger partial charge is 0.496 e. The minimum atomic E-state index is -0.433. The molecule has 0 spiro atoms. The highest BCUT2D eigenvalue weighted by Gasteiger charge is 2.51. The second-order valence-electron chi connectivity index (χ2n) is 6.37. The van der Waals surface area contributed by atoms with Gasteiger partial charge in [0.1, 0.15) is 5.69 Å². The first-order chi connectivity index (χ1) is 10.2. The van der Waals surface area contributed by atoms with Crippen molar-refractivity contribution in [2.24, 2.45) is 4.36 Å². The molecule has 7 heteroatoms. The van der Waals surface area contributed by atoms with Crippen molar-refractivity contribution in [2.75, 3.05) is 19.1 Å². The lowest BCUT2D eigenvalue weighted by Gasteiger charge is -2.32. The van der Waals surface area contributed by atoms with Gasteiger partial charge in [0.2, 0.25) is 5.88 Å². The summed E-state index contributed by atoms with van der Waals surface area (Å²) in [6, 6.07) is 1.95. The van der Waals surface area contributed by atoms with Gasteiger partial charge >= 0.3 is 7.12 Å². The standard InChI is InChI=1S/C15H25BN2O3S/c1-8-22(7)18-12-9-11(10-17-13(12)19-6)16-20-14(2,3)15(4,5)21-16/h9-10H,8H2,1-7H3. The number of hydrogen-bond acceptors (Lipinski definition) is 5. The van der Waals surface area contributed by atoms with Gasteiger partial charge in [-0.2, -0.15) is 0 Å². The monoisotopic (exact) mass is 324 g/mol. The van der Waals surface area contributed by atoms with E-state index in [2.05, 4.69) is 22.5 Å². The van der Waals surface area contributed by atoms with Crippen LogP contribution in [0.2, 0.25) is 0 Å². The van der Waals surface area contributed by atoms with E-state index in [1.165, 1.54) is 0 Å². The second kappa shape index (κ2) is 6.30. The molecule has 1 aromatic heterocycles. The van der Waals surface area contributed by atoms with Crippen molar-refractivity contribution < 1.29 is 14.0 Å². The van der Waals surface area contributed by atoms with E-state index in [0.717, 1.165) is 16.9 Å². The molecular weight excluding hydrogens is 299 g/mol. The second-order valence-corrected chi connectivity index (χ2v) is 8.33. The van der Waals surface area contributed by atoms with Crippen LogP contribution in [0, 0.1) is 0 Å².